The van der Waals surface area contributed by atoms with Gasteiger partial charge in [0, 0.05) is 57.7 Å². The molecule has 0 saturated carbocycles. The van der Waals surface area contributed by atoms with E-state index in [2.05, 4.69) is 31.8 Å². The molecule has 2 aromatic rings. The molecule has 1 fully saturated rings. The van der Waals surface area contributed by atoms with Gasteiger partial charge in [-0.25, -0.2) is 9.97 Å². The minimum absolute atomic E-state index is 0.0544. The van der Waals surface area contributed by atoms with Gasteiger partial charge in [0.15, 0.2) is 0 Å². The van der Waals surface area contributed by atoms with E-state index in [1.807, 2.05) is 13.0 Å². The summed E-state index contributed by atoms with van der Waals surface area (Å²) in [5, 5.41) is 0. The number of nitrogens with zero attached hydrogens (tertiary/aromatic N) is 6. The van der Waals surface area contributed by atoms with Crippen molar-refractivity contribution in [2.24, 2.45) is 7.05 Å². The highest BCUT2D eigenvalue weighted by atomic mass is 16.1. The lowest BCUT2D eigenvalue weighted by Crippen LogP contribution is -2.44. The molecule has 0 aliphatic carbocycles. The Balaban J connectivity index is 1.59. The van der Waals surface area contributed by atoms with Gasteiger partial charge in [-0.2, -0.15) is 0 Å². The average molecular weight is 328 g/mol. The normalized spacial score (nSPS) is 16.3. The molecule has 0 N–H and O–H groups in total. The molecule has 0 spiro atoms. The standard InChI is InChI=1S/C17H24N6O/c1-13-8-16(20-12-19-13)21(2)14-4-6-23(7-5-14)11-15-9-18-10-17(24)22(15)3/h8-10,12,14H,4-7,11H2,1-3H3. The number of hydrogen-bond acceptors (Lipinski definition) is 6. The first-order valence-electron chi connectivity index (χ1n) is 8.28. The van der Waals surface area contributed by atoms with Crippen LogP contribution in [0.15, 0.2) is 29.6 Å². The Hall–Kier alpha value is -2.28. The van der Waals surface area contributed by atoms with Crippen molar-refractivity contribution in [3.8, 4) is 0 Å². The first kappa shape index (κ1) is 16.6. The largest absolute Gasteiger partial charge is 0.356 e. The van der Waals surface area contributed by atoms with Crippen LogP contribution in [0, 0.1) is 6.92 Å². The Kier molecular flexibility index (Phi) is 4.89. The van der Waals surface area contributed by atoms with Crippen molar-refractivity contribution in [3.05, 3.63) is 46.5 Å². The van der Waals surface area contributed by atoms with Crippen molar-refractivity contribution >= 4 is 5.82 Å². The molecular weight excluding hydrogens is 304 g/mol. The maximum Gasteiger partial charge on any atom is 0.268 e. The number of anilines is 1. The van der Waals surface area contributed by atoms with Crippen LogP contribution >= 0.6 is 0 Å². The van der Waals surface area contributed by atoms with E-state index in [0.29, 0.717) is 6.04 Å². The number of piperidine rings is 1. The Morgan fingerprint density at radius 1 is 1.25 bits per heavy atom. The maximum absolute atomic E-state index is 11.7. The molecule has 24 heavy (non-hydrogen) atoms. The summed E-state index contributed by atoms with van der Waals surface area (Å²) in [7, 11) is 3.91. The highest BCUT2D eigenvalue weighted by molar-refractivity contribution is 5.39. The monoisotopic (exact) mass is 328 g/mol. The van der Waals surface area contributed by atoms with Crippen molar-refractivity contribution < 1.29 is 0 Å². The molecule has 0 aromatic carbocycles. The quantitative estimate of drug-likeness (QED) is 0.833. The van der Waals surface area contributed by atoms with Gasteiger partial charge in [-0.15, -0.1) is 0 Å². The minimum atomic E-state index is -0.0544. The average Bonchev–Trinajstić information content (AvgIpc) is 2.59. The molecule has 0 amide bonds. The van der Waals surface area contributed by atoms with Crippen LogP contribution < -0.4 is 10.5 Å². The zero-order chi connectivity index (χ0) is 17.1. The molecule has 1 aliphatic heterocycles. The highest BCUT2D eigenvalue weighted by Crippen LogP contribution is 2.21. The topological polar surface area (TPSA) is 67.2 Å². The molecule has 0 atom stereocenters. The van der Waals surface area contributed by atoms with Crippen LogP contribution in [0.2, 0.25) is 0 Å². The fourth-order valence-electron chi connectivity index (χ4n) is 3.16. The molecule has 0 radical (unpaired) electrons. The summed E-state index contributed by atoms with van der Waals surface area (Å²) in [6.07, 6.45) is 6.92. The Morgan fingerprint density at radius 3 is 2.71 bits per heavy atom. The molecule has 0 unspecified atom stereocenters. The Morgan fingerprint density at radius 2 is 2.00 bits per heavy atom. The van der Waals surface area contributed by atoms with Crippen LogP contribution in [0.25, 0.3) is 0 Å². The van der Waals surface area contributed by atoms with Gasteiger partial charge in [0.05, 0.1) is 11.9 Å². The summed E-state index contributed by atoms with van der Waals surface area (Å²) in [6, 6.07) is 2.51. The third-order valence-electron chi connectivity index (χ3n) is 4.81. The molecule has 3 rings (SSSR count). The summed E-state index contributed by atoms with van der Waals surface area (Å²) in [6.45, 7) is 4.76. The minimum Gasteiger partial charge on any atom is -0.356 e. The molecule has 2 aromatic heterocycles. The Bertz CT molecular complexity index is 751. The number of aryl methyl sites for hydroxylation is 1. The third-order valence-corrected chi connectivity index (χ3v) is 4.81. The summed E-state index contributed by atoms with van der Waals surface area (Å²) in [5.41, 5.74) is 1.89. The van der Waals surface area contributed by atoms with Crippen molar-refractivity contribution in [3.63, 3.8) is 0 Å². The zero-order valence-electron chi connectivity index (χ0n) is 14.5. The van der Waals surface area contributed by atoms with Crippen molar-refractivity contribution in [1.82, 2.24) is 24.4 Å². The number of hydrogen-bond donors (Lipinski definition) is 0. The van der Waals surface area contributed by atoms with E-state index in [1.54, 1.807) is 24.1 Å². The van der Waals surface area contributed by atoms with Gasteiger partial charge in [-0.05, 0) is 19.8 Å². The summed E-state index contributed by atoms with van der Waals surface area (Å²) < 4.78 is 1.68. The first-order chi connectivity index (χ1) is 11.5. The van der Waals surface area contributed by atoms with Gasteiger partial charge < -0.3 is 9.47 Å². The van der Waals surface area contributed by atoms with E-state index in [0.717, 1.165) is 49.7 Å². The Labute approximate surface area is 142 Å². The fraction of sp³-hybridized carbons (Fsp3) is 0.529. The van der Waals surface area contributed by atoms with Crippen LogP contribution in [0.5, 0.6) is 0 Å². The van der Waals surface area contributed by atoms with Crippen LogP contribution in [0.1, 0.15) is 24.2 Å². The van der Waals surface area contributed by atoms with Crippen molar-refractivity contribution in [2.75, 3.05) is 25.0 Å². The van der Waals surface area contributed by atoms with E-state index < -0.39 is 0 Å². The van der Waals surface area contributed by atoms with Gasteiger partial charge in [-0.1, -0.05) is 0 Å². The molecule has 1 aliphatic rings. The van der Waals surface area contributed by atoms with Crippen LogP contribution in [0.4, 0.5) is 5.82 Å². The summed E-state index contributed by atoms with van der Waals surface area (Å²) in [4.78, 5) is 28.9. The second-order valence-corrected chi connectivity index (χ2v) is 6.43. The lowest BCUT2D eigenvalue weighted by Gasteiger charge is -2.37. The molecular formula is C17H24N6O. The van der Waals surface area contributed by atoms with Gasteiger partial charge in [-0.3, -0.25) is 14.7 Å². The second kappa shape index (κ2) is 7.09. The smallest absolute Gasteiger partial charge is 0.268 e. The van der Waals surface area contributed by atoms with Crippen LogP contribution in [-0.2, 0) is 13.6 Å². The van der Waals surface area contributed by atoms with Crippen molar-refractivity contribution in [2.45, 2.75) is 32.4 Å². The number of likely N-dealkylation sites (tertiary alicyclic amines) is 1. The molecule has 0 bridgehead atoms. The summed E-state index contributed by atoms with van der Waals surface area (Å²) >= 11 is 0. The summed E-state index contributed by atoms with van der Waals surface area (Å²) in [5.74, 6) is 0.982. The van der Waals surface area contributed by atoms with Crippen LogP contribution in [0.3, 0.4) is 0 Å². The fourth-order valence-corrected chi connectivity index (χ4v) is 3.16. The van der Waals surface area contributed by atoms with E-state index in [-0.39, 0.29) is 5.56 Å². The molecule has 3 heterocycles. The molecule has 7 heteroatoms. The predicted molar refractivity (Wildman–Crippen MR) is 92.9 cm³/mol. The van der Waals surface area contributed by atoms with Gasteiger partial charge in [0.2, 0.25) is 0 Å². The number of aromatic nitrogens is 4. The zero-order valence-corrected chi connectivity index (χ0v) is 14.5. The maximum atomic E-state index is 11.7. The molecule has 128 valence electrons. The lowest BCUT2D eigenvalue weighted by atomic mass is 10.0. The van der Waals surface area contributed by atoms with Crippen LogP contribution in [-0.4, -0.2) is 50.6 Å². The number of rotatable bonds is 4. The second-order valence-electron chi connectivity index (χ2n) is 6.43. The van der Waals surface area contributed by atoms with Gasteiger partial charge in [0.25, 0.3) is 5.56 Å². The van der Waals surface area contributed by atoms with Crippen molar-refractivity contribution in [1.29, 1.82) is 0 Å². The van der Waals surface area contributed by atoms with E-state index in [1.165, 1.54) is 6.20 Å². The molecule has 1 saturated heterocycles. The third kappa shape index (κ3) is 3.62. The van der Waals surface area contributed by atoms with E-state index >= 15 is 0 Å². The van der Waals surface area contributed by atoms with E-state index in [9.17, 15) is 4.79 Å². The van der Waals surface area contributed by atoms with Gasteiger partial charge in [0.1, 0.15) is 12.1 Å². The lowest BCUT2D eigenvalue weighted by molar-refractivity contribution is 0.198. The predicted octanol–water partition coefficient (Wildman–Crippen LogP) is 0.980. The highest BCUT2D eigenvalue weighted by Gasteiger charge is 2.23. The van der Waals surface area contributed by atoms with E-state index in [4.69, 9.17) is 0 Å². The SMILES string of the molecule is Cc1cc(N(C)C2CCN(Cc3cncc(=O)n3C)CC2)ncn1. The van der Waals surface area contributed by atoms with Gasteiger partial charge >= 0.3 is 0 Å². The first-order valence-corrected chi connectivity index (χ1v) is 8.28. The molecule has 7 nitrogen and oxygen atoms in total.